The smallest absolute Gasteiger partial charge is 0.246 e. The molecule has 21 heavy (non-hydrogen) atoms. The largest absolute Gasteiger partial charge is 0.324 e. The Bertz CT molecular complexity index is 523. The molecule has 0 saturated carbocycles. The predicted octanol–water partition coefficient (Wildman–Crippen LogP) is 2.45. The van der Waals surface area contributed by atoms with Crippen molar-refractivity contribution < 1.29 is 4.79 Å². The Morgan fingerprint density at radius 3 is 2.86 bits per heavy atom. The minimum atomic E-state index is -0.209. The maximum Gasteiger partial charge on any atom is 0.246 e. The minimum absolute atomic E-state index is 0.0705. The average Bonchev–Trinajstić information content (AvgIpc) is 2.76. The molecule has 3 rings (SSSR count). The number of carbonyl (C=O) groups excluding carboxylic acids is 1. The van der Waals surface area contributed by atoms with Gasteiger partial charge in [-0.1, -0.05) is 24.1 Å². The van der Waals surface area contributed by atoms with Gasteiger partial charge in [0.15, 0.2) is 0 Å². The van der Waals surface area contributed by atoms with Gasteiger partial charge >= 0.3 is 0 Å². The highest BCUT2D eigenvalue weighted by atomic mass is 16.2. The van der Waals surface area contributed by atoms with E-state index in [1.165, 1.54) is 37.9 Å². The molecule has 2 unspecified atom stereocenters. The first-order valence-electron chi connectivity index (χ1n) is 8.03. The summed E-state index contributed by atoms with van der Waals surface area (Å²) >= 11 is 0. The van der Waals surface area contributed by atoms with Gasteiger partial charge in [0, 0.05) is 23.8 Å². The van der Waals surface area contributed by atoms with E-state index < -0.39 is 0 Å². The van der Waals surface area contributed by atoms with Crippen LogP contribution in [-0.2, 0) is 4.79 Å². The lowest BCUT2D eigenvalue weighted by molar-refractivity contribution is -0.117. The van der Waals surface area contributed by atoms with Gasteiger partial charge in [-0.25, -0.2) is 0 Å². The summed E-state index contributed by atoms with van der Waals surface area (Å²) in [6.07, 6.45) is 3.97. The van der Waals surface area contributed by atoms with Crippen molar-refractivity contribution in [2.24, 2.45) is 0 Å². The van der Waals surface area contributed by atoms with Gasteiger partial charge in [-0.05, 0) is 45.8 Å². The van der Waals surface area contributed by atoms with Crippen LogP contribution in [0.25, 0.3) is 0 Å². The van der Waals surface area contributed by atoms with E-state index in [2.05, 4.69) is 35.4 Å². The molecule has 114 valence electrons. The van der Waals surface area contributed by atoms with E-state index in [4.69, 9.17) is 0 Å². The van der Waals surface area contributed by atoms with Gasteiger partial charge in [-0.15, -0.1) is 0 Å². The molecule has 2 aliphatic rings. The highest BCUT2D eigenvalue weighted by Crippen LogP contribution is 2.31. The van der Waals surface area contributed by atoms with E-state index in [-0.39, 0.29) is 11.9 Å². The fourth-order valence-corrected chi connectivity index (χ4v) is 3.41. The molecule has 1 aromatic carbocycles. The second-order valence-corrected chi connectivity index (χ2v) is 6.44. The SMILES string of the molecule is Cc1ccc2c(c1)C(NC(C)CN1CCCCC1)C(=O)N2. The fourth-order valence-electron chi connectivity index (χ4n) is 3.41. The highest BCUT2D eigenvalue weighted by Gasteiger charge is 2.31. The van der Waals surface area contributed by atoms with Crippen LogP contribution in [0.15, 0.2) is 18.2 Å². The third kappa shape index (κ3) is 3.27. The van der Waals surface area contributed by atoms with E-state index >= 15 is 0 Å². The molecule has 1 aromatic rings. The number of likely N-dealkylation sites (tertiary alicyclic amines) is 1. The first-order valence-corrected chi connectivity index (χ1v) is 8.03. The summed E-state index contributed by atoms with van der Waals surface area (Å²) in [5.74, 6) is 0.0705. The average molecular weight is 287 g/mol. The zero-order chi connectivity index (χ0) is 14.8. The number of anilines is 1. The Hall–Kier alpha value is -1.39. The summed E-state index contributed by atoms with van der Waals surface area (Å²) in [6.45, 7) is 7.65. The number of hydrogen-bond acceptors (Lipinski definition) is 3. The van der Waals surface area contributed by atoms with Gasteiger partial charge < -0.3 is 10.2 Å². The molecule has 0 aliphatic carbocycles. The molecule has 1 amide bonds. The minimum Gasteiger partial charge on any atom is -0.324 e. The van der Waals surface area contributed by atoms with E-state index in [1.54, 1.807) is 0 Å². The van der Waals surface area contributed by atoms with Crippen molar-refractivity contribution in [1.82, 2.24) is 10.2 Å². The van der Waals surface area contributed by atoms with Crippen LogP contribution in [0, 0.1) is 6.92 Å². The summed E-state index contributed by atoms with van der Waals surface area (Å²) in [6, 6.07) is 6.25. The standard InChI is InChI=1S/C17H25N3O/c1-12-6-7-15-14(10-12)16(17(21)19-15)18-13(2)11-20-8-4-3-5-9-20/h6-7,10,13,16,18H,3-5,8-9,11H2,1-2H3,(H,19,21). The van der Waals surface area contributed by atoms with Crippen LogP contribution >= 0.6 is 0 Å². The van der Waals surface area contributed by atoms with Crippen molar-refractivity contribution in [2.75, 3.05) is 25.0 Å². The maximum atomic E-state index is 12.2. The molecule has 0 radical (unpaired) electrons. The molecule has 4 heteroatoms. The molecule has 4 nitrogen and oxygen atoms in total. The third-order valence-electron chi connectivity index (χ3n) is 4.47. The maximum absolute atomic E-state index is 12.2. The van der Waals surface area contributed by atoms with Crippen molar-refractivity contribution >= 4 is 11.6 Å². The van der Waals surface area contributed by atoms with Gasteiger partial charge in [0.2, 0.25) is 5.91 Å². The fraction of sp³-hybridized carbons (Fsp3) is 0.588. The molecular weight excluding hydrogens is 262 g/mol. The monoisotopic (exact) mass is 287 g/mol. The Labute approximate surface area is 126 Å². The van der Waals surface area contributed by atoms with Crippen molar-refractivity contribution in [3.05, 3.63) is 29.3 Å². The number of nitrogens with one attached hydrogen (secondary N) is 2. The van der Waals surface area contributed by atoms with Gasteiger partial charge in [-0.3, -0.25) is 10.1 Å². The third-order valence-corrected chi connectivity index (χ3v) is 4.47. The summed E-state index contributed by atoms with van der Waals surface area (Å²) in [7, 11) is 0. The number of rotatable bonds is 4. The molecule has 2 atom stereocenters. The lowest BCUT2D eigenvalue weighted by atomic mass is 10.0. The van der Waals surface area contributed by atoms with Crippen molar-refractivity contribution in [3.8, 4) is 0 Å². The Kier molecular flexibility index (Phi) is 4.27. The van der Waals surface area contributed by atoms with Crippen LogP contribution in [0.5, 0.6) is 0 Å². The second-order valence-electron chi connectivity index (χ2n) is 6.44. The van der Waals surface area contributed by atoms with E-state index in [9.17, 15) is 4.79 Å². The number of nitrogens with zero attached hydrogens (tertiary/aromatic N) is 1. The van der Waals surface area contributed by atoms with Crippen molar-refractivity contribution in [1.29, 1.82) is 0 Å². The van der Waals surface area contributed by atoms with Gasteiger partial charge in [0.05, 0.1) is 0 Å². The lowest BCUT2D eigenvalue weighted by Crippen LogP contribution is -2.44. The van der Waals surface area contributed by atoms with Gasteiger partial charge in [0.25, 0.3) is 0 Å². The molecule has 2 heterocycles. The highest BCUT2D eigenvalue weighted by molar-refractivity contribution is 6.02. The number of fused-ring (bicyclic) bond motifs is 1. The molecule has 0 bridgehead atoms. The molecule has 0 aromatic heterocycles. The molecule has 2 aliphatic heterocycles. The quantitative estimate of drug-likeness (QED) is 0.894. The summed E-state index contributed by atoms with van der Waals surface area (Å²) in [4.78, 5) is 14.7. The zero-order valence-corrected chi connectivity index (χ0v) is 13.0. The number of benzene rings is 1. The first-order chi connectivity index (χ1) is 10.1. The lowest BCUT2D eigenvalue weighted by Gasteiger charge is -2.30. The molecule has 1 saturated heterocycles. The van der Waals surface area contributed by atoms with Gasteiger partial charge in [0.1, 0.15) is 6.04 Å². The number of hydrogen-bond donors (Lipinski definition) is 2. The normalized spacial score (nSPS) is 23.7. The Morgan fingerprint density at radius 1 is 1.33 bits per heavy atom. The molecule has 2 N–H and O–H groups in total. The summed E-state index contributed by atoms with van der Waals surface area (Å²) < 4.78 is 0. The first kappa shape index (κ1) is 14.5. The number of amides is 1. The van der Waals surface area contributed by atoms with Crippen molar-refractivity contribution in [2.45, 2.75) is 45.2 Å². The van der Waals surface area contributed by atoms with Crippen molar-refractivity contribution in [3.63, 3.8) is 0 Å². The number of carbonyl (C=O) groups is 1. The van der Waals surface area contributed by atoms with E-state index in [0.29, 0.717) is 6.04 Å². The Morgan fingerprint density at radius 2 is 2.10 bits per heavy atom. The number of aryl methyl sites for hydroxylation is 1. The van der Waals surface area contributed by atoms with Crippen LogP contribution in [0.4, 0.5) is 5.69 Å². The van der Waals surface area contributed by atoms with Crippen LogP contribution in [0.2, 0.25) is 0 Å². The molecule has 0 spiro atoms. The van der Waals surface area contributed by atoms with E-state index in [1.807, 2.05) is 12.1 Å². The topological polar surface area (TPSA) is 44.4 Å². The molecular formula is C17H25N3O. The summed E-state index contributed by atoms with van der Waals surface area (Å²) in [5, 5.41) is 6.47. The van der Waals surface area contributed by atoms with Crippen LogP contribution in [0.1, 0.15) is 43.4 Å². The summed E-state index contributed by atoms with van der Waals surface area (Å²) in [5.41, 5.74) is 3.24. The molecule has 1 fully saturated rings. The van der Waals surface area contributed by atoms with Crippen LogP contribution < -0.4 is 10.6 Å². The zero-order valence-electron chi connectivity index (χ0n) is 13.0. The number of piperidine rings is 1. The van der Waals surface area contributed by atoms with Gasteiger partial charge in [-0.2, -0.15) is 0 Å². The van der Waals surface area contributed by atoms with Crippen LogP contribution in [0.3, 0.4) is 0 Å². The second kappa shape index (κ2) is 6.16. The predicted molar refractivity (Wildman–Crippen MR) is 85.4 cm³/mol. The Balaban J connectivity index is 1.64. The van der Waals surface area contributed by atoms with Crippen LogP contribution in [-0.4, -0.2) is 36.5 Å². The van der Waals surface area contributed by atoms with E-state index in [0.717, 1.165) is 17.8 Å².